The molecule has 0 nitrogen and oxygen atoms in total. The first kappa shape index (κ1) is 33.1. The monoisotopic (exact) mass is 500 g/mol. The Hall–Kier alpha value is -0.542. The predicted molar refractivity (Wildman–Crippen MR) is 76.5 cm³/mol. The van der Waals surface area contributed by atoms with E-state index >= 15 is 0 Å². The second-order valence-electron chi connectivity index (χ2n) is 4.82. The van der Waals surface area contributed by atoms with Crippen LogP contribution in [0.3, 0.4) is 0 Å². The molecule has 0 heterocycles. The Morgan fingerprint density at radius 2 is 0.615 bits per heavy atom. The minimum absolute atomic E-state index is 0. The molecule has 0 spiro atoms. The van der Waals surface area contributed by atoms with Gasteiger partial charge in [0.25, 0.3) is 0 Å². The molecule has 0 aromatic heterocycles. The van der Waals surface area contributed by atoms with Crippen molar-refractivity contribution in [3.63, 3.8) is 0 Å². The first-order valence-electron chi connectivity index (χ1n) is 6.52. The molecular weight excluding hydrogens is 483 g/mol. The Bertz CT molecular complexity index is 393. The number of hydrogen-bond donors (Lipinski definition) is 0. The van der Waals surface area contributed by atoms with Crippen molar-refractivity contribution in [2.45, 2.75) is 34.6 Å². The fraction of sp³-hybridized carbons (Fsp3) is 0.600. The summed E-state index contributed by atoms with van der Waals surface area (Å²) in [6.07, 6.45) is 0. The zero-order valence-corrected chi connectivity index (χ0v) is 15.8. The first-order chi connectivity index (χ1) is 10.6. The van der Waals surface area contributed by atoms with Gasteiger partial charge in [0.2, 0.25) is 0 Å². The Morgan fingerprint density at radius 1 is 0.500 bits per heavy atom. The van der Waals surface area contributed by atoms with Crippen molar-refractivity contribution in [3.8, 4) is 0 Å². The van der Waals surface area contributed by atoms with Crippen molar-refractivity contribution in [2.24, 2.45) is 5.92 Å². The maximum atomic E-state index is 9.75. The van der Waals surface area contributed by atoms with Crippen LogP contribution in [0.2, 0.25) is 0 Å². The third-order valence-electron chi connectivity index (χ3n) is 3.04. The topological polar surface area (TPSA) is 0 Å². The summed E-state index contributed by atoms with van der Waals surface area (Å²) in [4.78, 5) is 0. The van der Waals surface area contributed by atoms with Crippen molar-refractivity contribution in [1.29, 1.82) is 0 Å². The molecule has 158 valence electrons. The van der Waals surface area contributed by atoms with E-state index in [0.717, 1.165) is 0 Å². The van der Waals surface area contributed by atoms with Crippen LogP contribution in [0.15, 0.2) is 22.3 Å². The minimum atomic E-state index is -6.00. The van der Waals surface area contributed by atoms with E-state index in [1.807, 2.05) is 0 Å². The fourth-order valence-electron chi connectivity index (χ4n) is 1.57. The summed E-state index contributed by atoms with van der Waals surface area (Å²) in [6.45, 7) is 11.2. The second kappa shape index (κ2) is 12.8. The van der Waals surface area contributed by atoms with E-state index in [0.29, 0.717) is 5.92 Å². The molecule has 0 unspecified atom stereocenters. The van der Waals surface area contributed by atoms with Gasteiger partial charge in [-0.25, -0.2) is 0 Å². The maximum Gasteiger partial charge on any atom is 3.00 e. The van der Waals surface area contributed by atoms with Gasteiger partial charge in [0, 0.05) is 0 Å². The van der Waals surface area contributed by atoms with Crippen LogP contribution in [-0.4, -0.2) is 21.8 Å². The fourth-order valence-corrected chi connectivity index (χ4v) is 1.57. The van der Waals surface area contributed by atoms with Crippen molar-refractivity contribution in [1.82, 2.24) is 0 Å². The van der Waals surface area contributed by atoms with Gasteiger partial charge in [-0.15, -0.1) is 0 Å². The average molecular weight is 500 g/mol. The maximum absolute atomic E-state index is 9.75. The van der Waals surface area contributed by atoms with Gasteiger partial charge in [0.05, 0.1) is 0 Å². The van der Waals surface area contributed by atoms with Gasteiger partial charge in [-0.3, -0.25) is 0 Å². The summed E-state index contributed by atoms with van der Waals surface area (Å²) in [5.41, 5.74) is 6.11. The molecule has 0 N–H and O–H groups in total. The third-order valence-corrected chi connectivity index (χ3v) is 3.04. The van der Waals surface area contributed by atoms with Crippen molar-refractivity contribution in [2.75, 3.05) is 0 Å². The molecule has 1 rings (SSSR count). The van der Waals surface area contributed by atoms with E-state index < -0.39 is 21.8 Å². The Labute approximate surface area is 156 Å². The Morgan fingerprint density at radius 3 is 0.654 bits per heavy atom. The molecule has 0 aromatic rings. The SMILES string of the molecule is CC1=C(C)C(C)C(C)=C1C.F[B-](F)(F)F.F[B-](F)(F)F.F[B-](F)(F)F.[Rh+3]. The van der Waals surface area contributed by atoms with Gasteiger partial charge in [-0.1, -0.05) is 18.1 Å². The number of hydrogen-bond acceptors (Lipinski definition) is 0. The third kappa shape index (κ3) is 31.2. The molecule has 0 radical (unpaired) electrons. The number of rotatable bonds is 0. The summed E-state index contributed by atoms with van der Waals surface area (Å²) >= 11 is 0. The van der Waals surface area contributed by atoms with E-state index in [1.165, 1.54) is 11.1 Å². The minimum Gasteiger partial charge on any atom is -0.418 e. The average Bonchev–Trinajstić information content (AvgIpc) is 2.41. The van der Waals surface area contributed by atoms with E-state index in [4.69, 9.17) is 0 Å². The Kier molecular flexibility index (Phi) is 16.3. The molecule has 0 amide bonds. The summed E-state index contributed by atoms with van der Waals surface area (Å²) in [5, 5.41) is 0. The van der Waals surface area contributed by atoms with Gasteiger partial charge >= 0.3 is 41.2 Å². The molecule has 1 aliphatic rings. The van der Waals surface area contributed by atoms with E-state index in [1.54, 1.807) is 11.1 Å². The molecular formula is C10H16B3F12Rh. The van der Waals surface area contributed by atoms with E-state index in [-0.39, 0.29) is 19.5 Å². The van der Waals surface area contributed by atoms with E-state index in [9.17, 15) is 51.8 Å². The van der Waals surface area contributed by atoms with Crippen LogP contribution in [0.4, 0.5) is 51.8 Å². The standard InChI is InChI=1S/C10H16.3BF4.Rh/c1-6-7(2)9(4)10(5)8(6)3;3*2-1(3,4)5;/h6H,1-5H3;;;;/q;3*-1;+3. The van der Waals surface area contributed by atoms with Crippen LogP contribution in [0.1, 0.15) is 34.6 Å². The summed E-state index contributed by atoms with van der Waals surface area (Å²) < 4.78 is 117. The van der Waals surface area contributed by atoms with Gasteiger partial charge < -0.3 is 51.8 Å². The van der Waals surface area contributed by atoms with Crippen LogP contribution in [0.25, 0.3) is 0 Å². The molecule has 0 bridgehead atoms. The second-order valence-corrected chi connectivity index (χ2v) is 4.82. The van der Waals surface area contributed by atoms with Crippen LogP contribution >= 0.6 is 0 Å². The Balaban J connectivity index is -0.000000132. The molecule has 26 heavy (non-hydrogen) atoms. The van der Waals surface area contributed by atoms with Crippen LogP contribution in [0, 0.1) is 5.92 Å². The van der Waals surface area contributed by atoms with Gasteiger partial charge in [0.1, 0.15) is 0 Å². The molecule has 0 aromatic carbocycles. The largest absolute Gasteiger partial charge is 3.00 e. The summed E-state index contributed by atoms with van der Waals surface area (Å²) in [6, 6.07) is 0. The summed E-state index contributed by atoms with van der Waals surface area (Å²) in [7, 11) is -18.0. The predicted octanol–water partition coefficient (Wildman–Crippen LogP) is 7.21. The van der Waals surface area contributed by atoms with Crippen LogP contribution in [0.5, 0.6) is 0 Å². The molecule has 0 saturated carbocycles. The number of allylic oxidation sites excluding steroid dienone is 4. The van der Waals surface area contributed by atoms with Gasteiger partial charge in [-0.2, -0.15) is 0 Å². The molecule has 0 fully saturated rings. The normalized spacial score (nSPS) is 15.1. The zero-order valence-electron chi connectivity index (χ0n) is 14.2. The van der Waals surface area contributed by atoms with Crippen molar-refractivity contribution < 1.29 is 71.3 Å². The van der Waals surface area contributed by atoms with Gasteiger partial charge in [-0.05, 0) is 44.8 Å². The number of halogens is 12. The van der Waals surface area contributed by atoms with Crippen molar-refractivity contribution in [3.05, 3.63) is 22.3 Å². The van der Waals surface area contributed by atoms with Crippen LogP contribution < -0.4 is 0 Å². The zero-order chi connectivity index (χ0) is 21.4. The quantitative estimate of drug-likeness (QED) is 0.244. The molecule has 1 aliphatic carbocycles. The summed E-state index contributed by atoms with van der Waals surface area (Å²) in [5.74, 6) is 0.694. The van der Waals surface area contributed by atoms with Crippen LogP contribution in [-0.2, 0) is 19.5 Å². The molecule has 16 heteroatoms. The van der Waals surface area contributed by atoms with E-state index in [2.05, 4.69) is 34.6 Å². The molecule has 0 saturated heterocycles. The van der Waals surface area contributed by atoms with Crippen molar-refractivity contribution >= 4 is 21.8 Å². The molecule has 0 aliphatic heterocycles. The molecule has 0 atom stereocenters. The first-order valence-corrected chi connectivity index (χ1v) is 6.52. The smallest absolute Gasteiger partial charge is 0.418 e. The van der Waals surface area contributed by atoms with Gasteiger partial charge in [0.15, 0.2) is 0 Å².